The number of esters is 1. The lowest BCUT2D eigenvalue weighted by molar-refractivity contribution is -0.118. The topological polar surface area (TPSA) is 64.6 Å². The molecule has 0 saturated carbocycles. The predicted octanol–water partition coefficient (Wildman–Crippen LogP) is 4.26. The van der Waals surface area contributed by atoms with Crippen LogP contribution in [0.25, 0.3) is 0 Å². The summed E-state index contributed by atoms with van der Waals surface area (Å²) in [4.78, 5) is 23.7. The van der Waals surface area contributed by atoms with E-state index in [4.69, 9.17) is 9.47 Å². The fourth-order valence-electron chi connectivity index (χ4n) is 2.36. The molecular formula is C19H20BrNO4. The van der Waals surface area contributed by atoms with Crippen molar-refractivity contribution in [3.8, 4) is 5.75 Å². The summed E-state index contributed by atoms with van der Waals surface area (Å²) in [6.45, 7) is 5.84. The van der Waals surface area contributed by atoms with Gasteiger partial charge in [0.1, 0.15) is 5.75 Å². The average molecular weight is 406 g/mol. The molecule has 0 aliphatic rings. The van der Waals surface area contributed by atoms with Crippen LogP contribution in [0.3, 0.4) is 0 Å². The SMILES string of the molecule is CCOC(=O)c1ccc(NC(=O)COc2c(C)cc(Br)cc2C)cc1. The Morgan fingerprint density at radius 1 is 1.08 bits per heavy atom. The van der Waals surface area contributed by atoms with Crippen LogP contribution in [0.1, 0.15) is 28.4 Å². The van der Waals surface area contributed by atoms with Crippen LogP contribution in [0.4, 0.5) is 5.69 Å². The highest BCUT2D eigenvalue weighted by molar-refractivity contribution is 9.10. The van der Waals surface area contributed by atoms with Crippen LogP contribution < -0.4 is 10.1 Å². The van der Waals surface area contributed by atoms with E-state index in [9.17, 15) is 9.59 Å². The maximum atomic E-state index is 12.1. The number of carbonyl (C=O) groups is 2. The van der Waals surface area contributed by atoms with Gasteiger partial charge in [0, 0.05) is 10.2 Å². The van der Waals surface area contributed by atoms with Gasteiger partial charge in [-0.3, -0.25) is 4.79 Å². The van der Waals surface area contributed by atoms with Crippen molar-refractivity contribution in [2.45, 2.75) is 20.8 Å². The van der Waals surface area contributed by atoms with Crippen molar-refractivity contribution in [2.75, 3.05) is 18.5 Å². The molecule has 0 unspecified atom stereocenters. The first-order valence-electron chi connectivity index (χ1n) is 7.87. The van der Waals surface area contributed by atoms with E-state index in [0.29, 0.717) is 23.6 Å². The van der Waals surface area contributed by atoms with Crippen LogP contribution in [-0.4, -0.2) is 25.1 Å². The number of ether oxygens (including phenoxy) is 2. The molecule has 0 atom stereocenters. The third kappa shape index (κ3) is 5.32. The molecule has 0 radical (unpaired) electrons. The van der Waals surface area contributed by atoms with Crippen LogP contribution in [0.5, 0.6) is 5.75 Å². The number of benzene rings is 2. The first-order chi connectivity index (χ1) is 11.9. The minimum Gasteiger partial charge on any atom is -0.483 e. The van der Waals surface area contributed by atoms with Crippen LogP contribution in [0, 0.1) is 13.8 Å². The molecule has 5 nitrogen and oxygen atoms in total. The number of nitrogens with one attached hydrogen (secondary N) is 1. The number of rotatable bonds is 6. The molecule has 0 heterocycles. The van der Waals surface area contributed by atoms with E-state index in [0.717, 1.165) is 15.6 Å². The smallest absolute Gasteiger partial charge is 0.338 e. The first kappa shape index (κ1) is 19.0. The molecule has 0 saturated heterocycles. The molecule has 6 heteroatoms. The molecule has 0 aliphatic carbocycles. The van der Waals surface area contributed by atoms with Gasteiger partial charge in [0.2, 0.25) is 0 Å². The van der Waals surface area contributed by atoms with Gasteiger partial charge in [-0.15, -0.1) is 0 Å². The van der Waals surface area contributed by atoms with Gasteiger partial charge in [-0.1, -0.05) is 15.9 Å². The molecule has 0 aromatic heterocycles. The summed E-state index contributed by atoms with van der Waals surface area (Å²) in [6.07, 6.45) is 0. The molecule has 1 N–H and O–H groups in total. The summed E-state index contributed by atoms with van der Waals surface area (Å²) >= 11 is 3.43. The van der Waals surface area contributed by atoms with Gasteiger partial charge in [0.25, 0.3) is 5.91 Å². The van der Waals surface area contributed by atoms with E-state index < -0.39 is 0 Å². The van der Waals surface area contributed by atoms with Crippen molar-refractivity contribution in [1.29, 1.82) is 0 Å². The third-order valence-corrected chi connectivity index (χ3v) is 3.91. The van der Waals surface area contributed by atoms with Crippen molar-refractivity contribution < 1.29 is 19.1 Å². The quantitative estimate of drug-likeness (QED) is 0.729. The van der Waals surface area contributed by atoms with E-state index in [1.165, 1.54) is 0 Å². The minimum atomic E-state index is -0.384. The normalized spacial score (nSPS) is 10.2. The Hall–Kier alpha value is -2.34. The number of amides is 1. The van der Waals surface area contributed by atoms with E-state index in [1.807, 2.05) is 26.0 Å². The van der Waals surface area contributed by atoms with Crippen molar-refractivity contribution in [3.05, 3.63) is 57.6 Å². The summed E-state index contributed by atoms with van der Waals surface area (Å²) in [5, 5.41) is 2.74. The second-order valence-electron chi connectivity index (χ2n) is 5.50. The van der Waals surface area contributed by atoms with Gasteiger partial charge >= 0.3 is 5.97 Å². The molecule has 0 spiro atoms. The van der Waals surface area contributed by atoms with Crippen molar-refractivity contribution in [1.82, 2.24) is 0 Å². The van der Waals surface area contributed by atoms with E-state index in [-0.39, 0.29) is 18.5 Å². The lowest BCUT2D eigenvalue weighted by Crippen LogP contribution is -2.20. The molecule has 2 aromatic rings. The predicted molar refractivity (Wildman–Crippen MR) is 100 cm³/mol. The van der Waals surface area contributed by atoms with E-state index >= 15 is 0 Å². The average Bonchev–Trinajstić information content (AvgIpc) is 2.54. The van der Waals surface area contributed by atoms with E-state index in [2.05, 4.69) is 21.2 Å². The second kappa shape index (κ2) is 8.67. The standard InChI is InChI=1S/C19H20BrNO4/c1-4-24-19(23)14-5-7-16(8-6-14)21-17(22)11-25-18-12(2)9-15(20)10-13(18)3/h5-10H,4,11H2,1-3H3,(H,21,22). The zero-order valence-electron chi connectivity index (χ0n) is 14.4. The zero-order valence-corrected chi connectivity index (χ0v) is 16.0. The molecule has 2 rings (SSSR count). The molecule has 1 amide bonds. The molecular weight excluding hydrogens is 386 g/mol. The van der Waals surface area contributed by atoms with Crippen molar-refractivity contribution >= 4 is 33.5 Å². The second-order valence-corrected chi connectivity index (χ2v) is 6.42. The van der Waals surface area contributed by atoms with Gasteiger partial charge in [0.15, 0.2) is 6.61 Å². The molecule has 2 aromatic carbocycles. The zero-order chi connectivity index (χ0) is 18.4. The Labute approximate surface area is 155 Å². The minimum absolute atomic E-state index is 0.0943. The highest BCUT2D eigenvalue weighted by Gasteiger charge is 2.10. The van der Waals surface area contributed by atoms with Crippen LogP contribution in [-0.2, 0) is 9.53 Å². The number of hydrogen-bond donors (Lipinski definition) is 1. The number of carbonyl (C=O) groups excluding carboxylic acids is 2. The highest BCUT2D eigenvalue weighted by atomic mass is 79.9. The Morgan fingerprint density at radius 3 is 2.24 bits per heavy atom. The number of anilines is 1. The number of hydrogen-bond acceptors (Lipinski definition) is 4. The van der Waals surface area contributed by atoms with Gasteiger partial charge in [-0.25, -0.2) is 4.79 Å². The van der Waals surface area contributed by atoms with Gasteiger partial charge in [0.05, 0.1) is 12.2 Å². The lowest BCUT2D eigenvalue weighted by Gasteiger charge is -2.13. The summed E-state index contributed by atoms with van der Waals surface area (Å²) < 4.78 is 11.5. The lowest BCUT2D eigenvalue weighted by atomic mass is 10.1. The van der Waals surface area contributed by atoms with Crippen LogP contribution in [0.15, 0.2) is 40.9 Å². The Morgan fingerprint density at radius 2 is 1.68 bits per heavy atom. The molecule has 0 aliphatic heterocycles. The largest absolute Gasteiger partial charge is 0.483 e. The Kier molecular flexibility index (Phi) is 6.58. The summed E-state index contributed by atoms with van der Waals surface area (Å²) in [7, 11) is 0. The van der Waals surface area contributed by atoms with Crippen molar-refractivity contribution in [2.24, 2.45) is 0 Å². The summed E-state index contributed by atoms with van der Waals surface area (Å²) in [5.74, 6) is 0.0477. The molecule has 25 heavy (non-hydrogen) atoms. The van der Waals surface area contributed by atoms with Gasteiger partial charge in [-0.05, 0) is 68.3 Å². The Bertz CT molecular complexity index is 748. The number of aryl methyl sites for hydroxylation is 2. The fourth-order valence-corrected chi connectivity index (χ4v) is 3.05. The maximum absolute atomic E-state index is 12.1. The van der Waals surface area contributed by atoms with Gasteiger partial charge in [-0.2, -0.15) is 0 Å². The molecule has 0 bridgehead atoms. The van der Waals surface area contributed by atoms with Crippen LogP contribution in [0.2, 0.25) is 0 Å². The Balaban J connectivity index is 1.93. The maximum Gasteiger partial charge on any atom is 0.338 e. The molecule has 0 fully saturated rings. The number of halogens is 1. The summed E-state index contributed by atoms with van der Waals surface area (Å²) in [5.41, 5.74) is 2.94. The fraction of sp³-hybridized carbons (Fsp3) is 0.263. The van der Waals surface area contributed by atoms with Crippen LogP contribution >= 0.6 is 15.9 Å². The molecule has 132 valence electrons. The summed E-state index contributed by atoms with van der Waals surface area (Å²) in [6, 6.07) is 10.4. The van der Waals surface area contributed by atoms with E-state index in [1.54, 1.807) is 31.2 Å². The third-order valence-electron chi connectivity index (χ3n) is 3.45. The van der Waals surface area contributed by atoms with Gasteiger partial charge < -0.3 is 14.8 Å². The monoisotopic (exact) mass is 405 g/mol. The highest BCUT2D eigenvalue weighted by Crippen LogP contribution is 2.27. The first-order valence-corrected chi connectivity index (χ1v) is 8.66. The van der Waals surface area contributed by atoms with Crippen molar-refractivity contribution in [3.63, 3.8) is 0 Å².